The van der Waals surface area contributed by atoms with Gasteiger partial charge in [0.1, 0.15) is 0 Å². The van der Waals surface area contributed by atoms with E-state index in [1.807, 2.05) is 60.7 Å². The van der Waals surface area contributed by atoms with E-state index < -0.39 is 0 Å². The van der Waals surface area contributed by atoms with Gasteiger partial charge < -0.3 is 9.58 Å². The molecule has 0 radical (unpaired) electrons. The molecule has 0 N–H and O–H groups in total. The lowest BCUT2D eigenvalue weighted by Gasteiger charge is -2.28. The third kappa shape index (κ3) is 2.69. The summed E-state index contributed by atoms with van der Waals surface area (Å²) in [5, 5.41) is 4.86. The van der Waals surface area contributed by atoms with Crippen molar-refractivity contribution in [2.45, 2.75) is 27.3 Å². The molecule has 5 rings (SSSR count). The molecule has 3 aromatic carbocycles. The molecular formula is C26H25N3O2. The minimum atomic E-state index is -0.000771. The lowest BCUT2D eigenvalue weighted by molar-refractivity contribution is 0.654. The van der Waals surface area contributed by atoms with Gasteiger partial charge in [-0.2, -0.15) is 0 Å². The summed E-state index contributed by atoms with van der Waals surface area (Å²) in [5.41, 5.74) is 3.33. The lowest BCUT2D eigenvalue weighted by atomic mass is 10.0. The molecule has 5 aromatic rings. The summed E-state index contributed by atoms with van der Waals surface area (Å²) in [6, 6.07) is 19.2. The highest BCUT2D eigenvalue weighted by Gasteiger charge is 2.18. The van der Waals surface area contributed by atoms with Crippen molar-refractivity contribution < 1.29 is 0 Å². The fourth-order valence-corrected chi connectivity index (χ4v) is 4.79. The van der Waals surface area contributed by atoms with Crippen LogP contribution in [0.25, 0.3) is 43.6 Å². The number of aryl methyl sites for hydroxylation is 1. The maximum atomic E-state index is 13.5. The van der Waals surface area contributed by atoms with Crippen LogP contribution in [-0.2, 0) is 6.54 Å². The van der Waals surface area contributed by atoms with Gasteiger partial charge in [-0.3, -0.25) is 14.3 Å². The van der Waals surface area contributed by atoms with Gasteiger partial charge >= 0.3 is 0 Å². The molecule has 0 saturated carbocycles. The molecule has 5 nitrogen and oxygen atoms in total. The van der Waals surface area contributed by atoms with Crippen LogP contribution in [0.4, 0.5) is 0 Å². The van der Waals surface area contributed by atoms with Gasteiger partial charge in [-0.15, -0.1) is 0 Å². The molecule has 0 amide bonds. The topological polar surface area (TPSA) is 47.2 Å². The number of para-hydroxylation sites is 2. The van der Waals surface area contributed by atoms with Crippen molar-refractivity contribution in [3.8, 4) is 0 Å². The predicted molar refractivity (Wildman–Crippen MR) is 130 cm³/mol. The Balaban J connectivity index is 2.09. The van der Waals surface area contributed by atoms with Gasteiger partial charge in [0.15, 0.2) is 10.9 Å². The lowest BCUT2D eigenvalue weighted by Crippen LogP contribution is -2.35. The van der Waals surface area contributed by atoms with E-state index in [-0.39, 0.29) is 10.9 Å². The molecular weight excluding hydrogens is 386 g/mol. The number of aromatic nitrogens is 2. The molecule has 2 heterocycles. The predicted octanol–water partition coefficient (Wildman–Crippen LogP) is 4.62. The number of benzene rings is 3. The quantitative estimate of drug-likeness (QED) is 0.406. The molecule has 156 valence electrons. The number of rotatable bonds is 4. The smallest absolute Gasteiger partial charge is 0.197 e. The van der Waals surface area contributed by atoms with E-state index in [0.29, 0.717) is 28.1 Å². The molecule has 0 saturated heterocycles. The van der Waals surface area contributed by atoms with Crippen molar-refractivity contribution in [2.24, 2.45) is 0 Å². The van der Waals surface area contributed by atoms with Crippen LogP contribution in [0.3, 0.4) is 0 Å². The molecule has 0 atom stereocenters. The van der Waals surface area contributed by atoms with Gasteiger partial charge in [0, 0.05) is 35.8 Å². The molecule has 0 unspecified atom stereocenters. The summed E-state index contributed by atoms with van der Waals surface area (Å²) < 4.78 is 4.23. The zero-order valence-corrected chi connectivity index (χ0v) is 18.1. The van der Waals surface area contributed by atoms with Crippen LogP contribution >= 0.6 is 0 Å². The van der Waals surface area contributed by atoms with Crippen molar-refractivity contribution >= 4 is 43.6 Å². The summed E-state index contributed by atoms with van der Waals surface area (Å²) >= 11 is 0. The van der Waals surface area contributed by atoms with Gasteiger partial charge in [-0.1, -0.05) is 24.3 Å². The highest BCUT2D eigenvalue weighted by atomic mass is 16.1. The van der Waals surface area contributed by atoms with Gasteiger partial charge in [-0.25, -0.2) is 0 Å². The Bertz CT molecular complexity index is 1590. The van der Waals surface area contributed by atoms with Gasteiger partial charge in [-0.05, 0) is 57.2 Å². The van der Waals surface area contributed by atoms with Gasteiger partial charge in [0.2, 0.25) is 0 Å². The van der Waals surface area contributed by atoms with Gasteiger partial charge in [0.05, 0.1) is 27.5 Å². The monoisotopic (exact) mass is 411 g/mol. The second-order valence-corrected chi connectivity index (χ2v) is 7.77. The third-order valence-corrected chi connectivity index (χ3v) is 6.27. The van der Waals surface area contributed by atoms with Crippen molar-refractivity contribution in [3.05, 3.63) is 81.1 Å². The number of hydrogen-bond acceptors (Lipinski definition) is 3. The van der Waals surface area contributed by atoms with Crippen LogP contribution in [0.1, 0.15) is 20.8 Å². The average molecular weight is 412 g/mol. The number of pyridine rings is 2. The summed E-state index contributed by atoms with van der Waals surface area (Å²) in [6.45, 7) is 8.54. The standard InChI is InChI=1S/C26H25N3O2/c1-4-27(5-2)29-22-14-10-8-12-18(22)26(31)20-15-23-19(16-24(20)29)25(30)17-11-7-9-13-21(17)28(23)6-3/h7-16H,4-6H2,1-3H3. The molecule has 0 aliphatic carbocycles. The van der Waals surface area contributed by atoms with Crippen molar-refractivity contribution in [1.29, 1.82) is 0 Å². The Morgan fingerprint density at radius 1 is 0.645 bits per heavy atom. The van der Waals surface area contributed by atoms with Crippen LogP contribution in [-0.4, -0.2) is 22.3 Å². The van der Waals surface area contributed by atoms with Crippen LogP contribution < -0.4 is 15.9 Å². The number of nitrogens with zero attached hydrogens (tertiary/aromatic N) is 3. The Hall–Kier alpha value is -3.60. The summed E-state index contributed by atoms with van der Waals surface area (Å²) in [4.78, 5) is 27.0. The Labute approximate surface area is 179 Å². The third-order valence-electron chi connectivity index (χ3n) is 6.27. The fourth-order valence-electron chi connectivity index (χ4n) is 4.79. The highest BCUT2D eigenvalue weighted by Crippen LogP contribution is 2.26. The minimum Gasteiger partial charge on any atom is -0.341 e. The second-order valence-electron chi connectivity index (χ2n) is 7.77. The van der Waals surface area contributed by atoms with E-state index in [2.05, 4.69) is 35.0 Å². The fraction of sp³-hybridized carbons (Fsp3) is 0.231. The number of fused-ring (bicyclic) bond motifs is 4. The molecule has 31 heavy (non-hydrogen) atoms. The zero-order chi connectivity index (χ0) is 21.7. The largest absolute Gasteiger partial charge is 0.341 e. The molecule has 0 bridgehead atoms. The van der Waals surface area contributed by atoms with E-state index in [4.69, 9.17) is 0 Å². The highest BCUT2D eigenvalue weighted by molar-refractivity contribution is 6.03. The molecule has 2 aromatic heterocycles. The Morgan fingerprint density at radius 2 is 1.16 bits per heavy atom. The van der Waals surface area contributed by atoms with Crippen LogP contribution in [0.15, 0.2) is 70.3 Å². The molecule has 0 fully saturated rings. The van der Waals surface area contributed by atoms with E-state index in [0.717, 1.165) is 35.2 Å². The first-order chi connectivity index (χ1) is 15.1. The Kier molecular flexibility index (Phi) is 4.54. The summed E-state index contributed by atoms with van der Waals surface area (Å²) in [6.07, 6.45) is 0. The van der Waals surface area contributed by atoms with E-state index in [1.54, 1.807) is 0 Å². The van der Waals surface area contributed by atoms with Gasteiger partial charge in [0.25, 0.3) is 0 Å². The average Bonchev–Trinajstić information content (AvgIpc) is 2.81. The zero-order valence-electron chi connectivity index (χ0n) is 18.1. The van der Waals surface area contributed by atoms with E-state index in [1.165, 1.54) is 0 Å². The molecule has 5 heteroatoms. The van der Waals surface area contributed by atoms with E-state index >= 15 is 0 Å². The molecule has 0 aliphatic rings. The number of hydrogen-bond donors (Lipinski definition) is 0. The maximum Gasteiger partial charge on any atom is 0.197 e. The van der Waals surface area contributed by atoms with Crippen LogP contribution in [0.5, 0.6) is 0 Å². The van der Waals surface area contributed by atoms with Crippen LogP contribution in [0.2, 0.25) is 0 Å². The Morgan fingerprint density at radius 3 is 1.77 bits per heavy atom. The van der Waals surface area contributed by atoms with Crippen molar-refractivity contribution in [3.63, 3.8) is 0 Å². The van der Waals surface area contributed by atoms with Crippen molar-refractivity contribution in [2.75, 3.05) is 18.1 Å². The first-order valence-corrected chi connectivity index (χ1v) is 10.9. The van der Waals surface area contributed by atoms with Crippen LogP contribution in [0, 0.1) is 0 Å². The first kappa shape index (κ1) is 19.4. The summed E-state index contributed by atoms with van der Waals surface area (Å²) in [7, 11) is 0. The first-order valence-electron chi connectivity index (χ1n) is 10.9. The van der Waals surface area contributed by atoms with Crippen molar-refractivity contribution in [1.82, 2.24) is 9.24 Å². The van der Waals surface area contributed by atoms with E-state index in [9.17, 15) is 9.59 Å². The normalized spacial score (nSPS) is 11.7. The summed E-state index contributed by atoms with van der Waals surface area (Å²) in [5.74, 6) is 0. The minimum absolute atomic E-state index is 0.000771. The molecule has 0 spiro atoms. The SMILES string of the molecule is CCN(CC)n1c2ccccc2c(=O)c2cc3c(cc21)c(=O)c1ccccc1n3CC. The second kappa shape index (κ2) is 7.27. The maximum absolute atomic E-state index is 13.5. The molecule has 0 aliphatic heterocycles.